The standard InChI is InChI=1S/C12H17BrN4O2/c1-3-4-19-11-9(13)5-8(6-10(11)18-2)7-16-17-12(14)15/h5-7H,3-4H2,1-2H3,(H4,14,15,17)/b16-7+. The summed E-state index contributed by atoms with van der Waals surface area (Å²) in [5.74, 6) is 1.20. The van der Waals surface area contributed by atoms with Crippen molar-refractivity contribution >= 4 is 28.1 Å². The van der Waals surface area contributed by atoms with Gasteiger partial charge >= 0.3 is 0 Å². The molecule has 19 heavy (non-hydrogen) atoms. The Morgan fingerprint density at radius 2 is 2.16 bits per heavy atom. The molecule has 0 atom stereocenters. The van der Waals surface area contributed by atoms with E-state index in [1.165, 1.54) is 6.21 Å². The lowest BCUT2D eigenvalue weighted by atomic mass is 10.2. The van der Waals surface area contributed by atoms with E-state index in [0.29, 0.717) is 18.1 Å². The fourth-order valence-electron chi connectivity index (χ4n) is 1.32. The molecular formula is C12H17BrN4O2. The zero-order valence-electron chi connectivity index (χ0n) is 10.9. The second-order valence-electron chi connectivity index (χ2n) is 3.65. The number of methoxy groups -OCH3 is 1. The topological polar surface area (TPSA) is 95.2 Å². The number of hydrogen-bond acceptors (Lipinski definition) is 4. The van der Waals surface area contributed by atoms with E-state index in [-0.39, 0.29) is 5.96 Å². The van der Waals surface area contributed by atoms with Gasteiger partial charge in [-0.15, -0.1) is 5.10 Å². The highest BCUT2D eigenvalue weighted by molar-refractivity contribution is 9.10. The van der Waals surface area contributed by atoms with E-state index < -0.39 is 0 Å². The zero-order valence-corrected chi connectivity index (χ0v) is 12.5. The molecule has 4 N–H and O–H groups in total. The average molecular weight is 329 g/mol. The quantitative estimate of drug-likeness (QED) is 0.473. The minimum absolute atomic E-state index is 0.0924. The molecule has 0 amide bonds. The van der Waals surface area contributed by atoms with E-state index in [2.05, 4.69) is 26.1 Å². The maximum absolute atomic E-state index is 5.62. The summed E-state index contributed by atoms with van der Waals surface area (Å²) in [4.78, 5) is 0. The smallest absolute Gasteiger partial charge is 0.211 e. The molecule has 7 heteroatoms. The molecule has 1 rings (SSSR count). The van der Waals surface area contributed by atoms with Crippen LogP contribution in [-0.2, 0) is 0 Å². The monoisotopic (exact) mass is 328 g/mol. The Balaban J connectivity index is 3.01. The highest BCUT2D eigenvalue weighted by Gasteiger charge is 2.10. The van der Waals surface area contributed by atoms with Gasteiger partial charge in [-0.1, -0.05) is 6.92 Å². The van der Waals surface area contributed by atoms with Crippen molar-refractivity contribution in [3.63, 3.8) is 0 Å². The zero-order chi connectivity index (χ0) is 14.3. The molecule has 0 aliphatic rings. The molecule has 0 fully saturated rings. The van der Waals surface area contributed by atoms with E-state index in [4.69, 9.17) is 20.9 Å². The van der Waals surface area contributed by atoms with Gasteiger partial charge in [0.1, 0.15) is 0 Å². The first kappa shape index (κ1) is 15.3. The van der Waals surface area contributed by atoms with Crippen LogP contribution in [-0.4, -0.2) is 25.9 Å². The Hall–Kier alpha value is -1.76. The molecule has 0 aliphatic heterocycles. The van der Waals surface area contributed by atoms with Crippen molar-refractivity contribution in [1.29, 1.82) is 0 Å². The summed E-state index contributed by atoms with van der Waals surface area (Å²) in [7, 11) is 1.58. The molecule has 1 aromatic rings. The van der Waals surface area contributed by atoms with Crippen molar-refractivity contribution in [2.24, 2.45) is 21.7 Å². The SMILES string of the molecule is CCCOc1c(Br)cc(/C=N/N=C(N)N)cc1OC. The van der Waals surface area contributed by atoms with Crippen LogP contribution in [0, 0.1) is 0 Å². The van der Waals surface area contributed by atoms with Gasteiger partial charge < -0.3 is 20.9 Å². The number of ether oxygens (including phenoxy) is 2. The predicted octanol–water partition coefficient (Wildman–Crippen LogP) is 1.85. The van der Waals surface area contributed by atoms with E-state index >= 15 is 0 Å². The van der Waals surface area contributed by atoms with Crippen molar-refractivity contribution in [1.82, 2.24) is 0 Å². The van der Waals surface area contributed by atoms with Gasteiger partial charge in [-0.3, -0.25) is 0 Å². The van der Waals surface area contributed by atoms with Crippen LogP contribution >= 0.6 is 15.9 Å². The Kier molecular flexibility index (Phi) is 6.14. The second-order valence-corrected chi connectivity index (χ2v) is 4.51. The first-order chi connectivity index (χ1) is 9.08. The van der Waals surface area contributed by atoms with Crippen LogP contribution in [0.25, 0.3) is 0 Å². The molecular weight excluding hydrogens is 312 g/mol. The van der Waals surface area contributed by atoms with Crippen molar-refractivity contribution in [3.8, 4) is 11.5 Å². The van der Waals surface area contributed by atoms with Gasteiger partial charge in [0, 0.05) is 0 Å². The molecule has 1 aromatic carbocycles. The number of benzene rings is 1. The molecule has 0 spiro atoms. The third-order valence-electron chi connectivity index (χ3n) is 2.08. The average Bonchev–Trinajstić information content (AvgIpc) is 2.36. The van der Waals surface area contributed by atoms with Gasteiger partial charge in [-0.05, 0) is 40.0 Å². The van der Waals surface area contributed by atoms with E-state index in [9.17, 15) is 0 Å². The van der Waals surface area contributed by atoms with Crippen molar-refractivity contribution in [2.45, 2.75) is 13.3 Å². The van der Waals surface area contributed by atoms with Crippen LogP contribution in [0.4, 0.5) is 0 Å². The highest BCUT2D eigenvalue weighted by Crippen LogP contribution is 2.36. The van der Waals surface area contributed by atoms with Crippen molar-refractivity contribution < 1.29 is 9.47 Å². The summed E-state index contributed by atoms with van der Waals surface area (Å²) in [6.45, 7) is 2.66. The Morgan fingerprint density at radius 1 is 1.42 bits per heavy atom. The van der Waals surface area contributed by atoms with Gasteiger partial charge in [-0.25, -0.2) is 0 Å². The molecule has 104 valence electrons. The molecule has 0 saturated heterocycles. The normalized spacial score (nSPS) is 10.5. The van der Waals surface area contributed by atoms with Gasteiger partial charge in [0.25, 0.3) is 0 Å². The van der Waals surface area contributed by atoms with Crippen LogP contribution in [0.2, 0.25) is 0 Å². The maximum Gasteiger partial charge on any atom is 0.211 e. The minimum atomic E-state index is -0.0924. The number of rotatable bonds is 6. The Labute approximate surface area is 120 Å². The van der Waals surface area contributed by atoms with Crippen molar-refractivity contribution in [3.05, 3.63) is 22.2 Å². The molecule has 0 radical (unpaired) electrons. The number of halogens is 1. The first-order valence-corrected chi connectivity index (χ1v) is 6.50. The molecule has 0 saturated carbocycles. The van der Waals surface area contributed by atoms with Gasteiger partial charge in [0.05, 0.1) is 24.4 Å². The summed E-state index contributed by atoms with van der Waals surface area (Å²) in [5, 5.41) is 7.28. The van der Waals surface area contributed by atoms with Gasteiger partial charge in [-0.2, -0.15) is 5.10 Å². The second kappa shape index (κ2) is 7.63. The molecule has 0 heterocycles. The third-order valence-corrected chi connectivity index (χ3v) is 2.67. The molecule has 0 unspecified atom stereocenters. The highest BCUT2D eigenvalue weighted by atomic mass is 79.9. The maximum atomic E-state index is 5.62. The summed E-state index contributed by atoms with van der Waals surface area (Å²) >= 11 is 3.44. The molecule has 0 aliphatic carbocycles. The molecule has 0 bridgehead atoms. The van der Waals surface area contributed by atoms with Crippen LogP contribution in [0.15, 0.2) is 26.8 Å². The number of nitrogens with zero attached hydrogens (tertiary/aromatic N) is 2. The van der Waals surface area contributed by atoms with E-state index in [1.807, 2.05) is 13.0 Å². The van der Waals surface area contributed by atoms with Crippen LogP contribution in [0.3, 0.4) is 0 Å². The fraction of sp³-hybridized carbons (Fsp3) is 0.333. The molecule has 6 nitrogen and oxygen atoms in total. The number of guanidine groups is 1. The fourth-order valence-corrected chi connectivity index (χ4v) is 1.89. The van der Waals surface area contributed by atoms with Crippen LogP contribution in [0.1, 0.15) is 18.9 Å². The van der Waals surface area contributed by atoms with Gasteiger partial charge in [0.2, 0.25) is 5.96 Å². The van der Waals surface area contributed by atoms with E-state index in [0.717, 1.165) is 16.5 Å². The lowest BCUT2D eigenvalue weighted by molar-refractivity contribution is 0.292. The molecule has 0 aromatic heterocycles. The summed E-state index contributed by atoms with van der Waals surface area (Å²) in [6.07, 6.45) is 2.44. The Bertz CT molecular complexity index is 485. The van der Waals surface area contributed by atoms with Gasteiger partial charge in [0.15, 0.2) is 11.5 Å². The number of hydrogen-bond donors (Lipinski definition) is 2. The Morgan fingerprint density at radius 3 is 2.74 bits per heavy atom. The summed E-state index contributed by atoms with van der Waals surface area (Å²) < 4.78 is 11.7. The lowest BCUT2D eigenvalue weighted by Crippen LogP contribution is -2.21. The van der Waals surface area contributed by atoms with Crippen LogP contribution in [0.5, 0.6) is 11.5 Å². The van der Waals surface area contributed by atoms with Crippen molar-refractivity contribution in [2.75, 3.05) is 13.7 Å². The minimum Gasteiger partial charge on any atom is -0.493 e. The summed E-state index contributed by atoms with van der Waals surface area (Å²) in [6, 6.07) is 3.64. The summed E-state index contributed by atoms with van der Waals surface area (Å²) in [5.41, 5.74) is 11.2. The third kappa shape index (κ3) is 4.78. The van der Waals surface area contributed by atoms with E-state index in [1.54, 1.807) is 13.2 Å². The largest absolute Gasteiger partial charge is 0.493 e. The first-order valence-electron chi connectivity index (χ1n) is 5.70. The lowest BCUT2D eigenvalue weighted by Gasteiger charge is -2.12. The number of nitrogens with two attached hydrogens (primary N) is 2. The predicted molar refractivity (Wildman–Crippen MR) is 79.9 cm³/mol. The van der Waals surface area contributed by atoms with Crippen LogP contribution < -0.4 is 20.9 Å².